The van der Waals surface area contributed by atoms with Crippen molar-refractivity contribution in [3.8, 4) is 22.6 Å². The third-order valence-electron chi connectivity index (χ3n) is 4.76. The molecule has 3 rings (SSSR count). The summed E-state index contributed by atoms with van der Waals surface area (Å²) >= 11 is 0. The zero-order valence-electron chi connectivity index (χ0n) is 17.8. The highest BCUT2D eigenvalue weighted by atomic mass is 16.5. The molecule has 2 aromatic carbocycles. The molecule has 0 spiro atoms. The van der Waals surface area contributed by atoms with Crippen LogP contribution < -0.4 is 14.2 Å². The van der Waals surface area contributed by atoms with E-state index in [1.807, 2.05) is 6.07 Å². The summed E-state index contributed by atoms with van der Waals surface area (Å²) < 4.78 is 22.1. The molecule has 0 amide bonds. The maximum atomic E-state index is 12.0. The lowest BCUT2D eigenvalue weighted by molar-refractivity contribution is -0.604. The van der Waals surface area contributed by atoms with Crippen LogP contribution in [-0.4, -0.2) is 26.2 Å². The van der Waals surface area contributed by atoms with E-state index < -0.39 is 11.9 Å². The van der Waals surface area contributed by atoms with E-state index in [0.717, 1.165) is 10.8 Å². The van der Waals surface area contributed by atoms with Gasteiger partial charge in [-0.05, 0) is 40.6 Å². The number of pyridine rings is 1. The van der Waals surface area contributed by atoms with Gasteiger partial charge < -0.3 is 24.2 Å². The Labute approximate surface area is 179 Å². The van der Waals surface area contributed by atoms with Gasteiger partial charge in [0.1, 0.15) is 13.2 Å². The highest BCUT2D eigenvalue weighted by Gasteiger charge is 2.20. The monoisotopic (exact) mass is 425 g/mol. The Balaban J connectivity index is 2.38. The Kier molecular flexibility index (Phi) is 6.59. The number of carbonyl (C=O) groups excluding carboxylic acids is 2. The van der Waals surface area contributed by atoms with E-state index in [0.29, 0.717) is 38.5 Å². The number of benzene rings is 2. The molecule has 3 aromatic rings. The molecule has 0 saturated carbocycles. The van der Waals surface area contributed by atoms with E-state index >= 15 is 0 Å². The summed E-state index contributed by atoms with van der Waals surface area (Å²) in [5.41, 5.74) is 2.56. The van der Waals surface area contributed by atoms with E-state index in [1.54, 1.807) is 24.3 Å². The Morgan fingerprint density at radius 1 is 0.968 bits per heavy atom. The predicted octanol–water partition coefficient (Wildman–Crippen LogP) is 3.28. The van der Waals surface area contributed by atoms with Crippen molar-refractivity contribution < 1.29 is 33.3 Å². The first kappa shape index (κ1) is 21.9. The van der Waals surface area contributed by atoms with Crippen LogP contribution in [0.4, 0.5) is 0 Å². The molecule has 1 heterocycles. The van der Waals surface area contributed by atoms with Gasteiger partial charge in [-0.25, -0.2) is 0 Å². The summed E-state index contributed by atoms with van der Waals surface area (Å²) in [6, 6.07) is 8.87. The quantitative estimate of drug-likeness (QED) is 0.325. The standard InChI is InChI=1S/C23H23NO7/c1-14(25)30-12-18-8-17-9-21(28-3)22(29-4)10-19(17)23(20(18)13-31-15(2)26)16-6-5-7-24(27)11-16/h5-11H,12-13H2,1-4H3. The average Bonchev–Trinajstić information content (AvgIpc) is 2.74. The van der Waals surface area contributed by atoms with Gasteiger partial charge in [0.15, 0.2) is 23.9 Å². The lowest BCUT2D eigenvalue weighted by Gasteiger charge is -2.19. The van der Waals surface area contributed by atoms with Crippen LogP contribution in [0.25, 0.3) is 21.9 Å². The lowest BCUT2D eigenvalue weighted by atomic mass is 9.90. The molecule has 162 valence electrons. The fourth-order valence-corrected chi connectivity index (χ4v) is 3.41. The zero-order valence-corrected chi connectivity index (χ0v) is 17.8. The van der Waals surface area contributed by atoms with Crippen molar-refractivity contribution in [2.24, 2.45) is 0 Å². The number of fused-ring (bicyclic) bond motifs is 1. The number of carbonyl (C=O) groups is 2. The van der Waals surface area contributed by atoms with Gasteiger partial charge in [-0.15, -0.1) is 0 Å². The first-order valence-electron chi connectivity index (χ1n) is 9.50. The van der Waals surface area contributed by atoms with E-state index in [1.165, 1.54) is 40.5 Å². The van der Waals surface area contributed by atoms with Gasteiger partial charge in [0.2, 0.25) is 0 Å². The molecule has 0 bridgehead atoms. The van der Waals surface area contributed by atoms with Crippen LogP contribution in [0, 0.1) is 5.21 Å². The third kappa shape index (κ3) is 4.85. The predicted molar refractivity (Wildman–Crippen MR) is 112 cm³/mol. The van der Waals surface area contributed by atoms with E-state index in [2.05, 4.69) is 0 Å². The van der Waals surface area contributed by atoms with E-state index in [4.69, 9.17) is 18.9 Å². The topological polar surface area (TPSA) is 98.0 Å². The second kappa shape index (κ2) is 9.34. The van der Waals surface area contributed by atoms with Crippen molar-refractivity contribution in [2.75, 3.05) is 14.2 Å². The van der Waals surface area contributed by atoms with Crippen LogP contribution in [0.3, 0.4) is 0 Å². The van der Waals surface area contributed by atoms with Crippen molar-refractivity contribution in [3.05, 3.63) is 59.1 Å². The van der Waals surface area contributed by atoms with Crippen LogP contribution >= 0.6 is 0 Å². The van der Waals surface area contributed by atoms with Gasteiger partial charge in [-0.2, -0.15) is 4.73 Å². The molecule has 0 radical (unpaired) electrons. The van der Waals surface area contributed by atoms with Crippen LogP contribution in [0.5, 0.6) is 11.5 Å². The van der Waals surface area contributed by atoms with Crippen molar-refractivity contribution in [1.82, 2.24) is 0 Å². The highest BCUT2D eigenvalue weighted by Crippen LogP contribution is 2.40. The number of hydrogen-bond donors (Lipinski definition) is 0. The summed E-state index contributed by atoms with van der Waals surface area (Å²) in [5.74, 6) is 0.140. The number of ether oxygens (including phenoxy) is 4. The lowest BCUT2D eigenvalue weighted by Crippen LogP contribution is -2.24. The largest absolute Gasteiger partial charge is 0.619 e. The Morgan fingerprint density at radius 2 is 1.61 bits per heavy atom. The fourth-order valence-electron chi connectivity index (χ4n) is 3.41. The maximum Gasteiger partial charge on any atom is 0.302 e. The fraction of sp³-hybridized carbons (Fsp3) is 0.261. The van der Waals surface area contributed by atoms with Gasteiger partial charge >= 0.3 is 11.9 Å². The van der Waals surface area contributed by atoms with Crippen molar-refractivity contribution in [2.45, 2.75) is 27.1 Å². The second-order valence-electron chi connectivity index (χ2n) is 6.83. The molecule has 0 aliphatic rings. The van der Waals surface area contributed by atoms with Crippen molar-refractivity contribution in [3.63, 3.8) is 0 Å². The number of aromatic nitrogens is 1. The van der Waals surface area contributed by atoms with Crippen molar-refractivity contribution in [1.29, 1.82) is 0 Å². The summed E-state index contributed by atoms with van der Waals surface area (Å²) in [4.78, 5) is 23.0. The zero-order chi connectivity index (χ0) is 22.5. The van der Waals surface area contributed by atoms with Crippen molar-refractivity contribution >= 4 is 22.7 Å². The molecule has 0 fully saturated rings. The summed E-state index contributed by atoms with van der Waals surface area (Å²) in [5, 5.41) is 13.6. The minimum Gasteiger partial charge on any atom is -0.619 e. The molecule has 0 atom stereocenters. The van der Waals surface area contributed by atoms with Gasteiger partial charge in [-0.1, -0.05) is 0 Å². The first-order chi connectivity index (χ1) is 14.8. The molecule has 31 heavy (non-hydrogen) atoms. The number of rotatable bonds is 7. The molecule has 1 aromatic heterocycles. The molecule has 8 heteroatoms. The molecule has 0 saturated heterocycles. The molecule has 0 N–H and O–H groups in total. The Morgan fingerprint density at radius 3 is 2.23 bits per heavy atom. The number of hydrogen-bond acceptors (Lipinski definition) is 7. The normalized spacial score (nSPS) is 10.6. The second-order valence-corrected chi connectivity index (χ2v) is 6.83. The Bertz CT molecular complexity index is 1140. The minimum absolute atomic E-state index is 0.0204. The molecular formula is C23H23NO7. The molecular weight excluding hydrogens is 402 g/mol. The smallest absolute Gasteiger partial charge is 0.302 e. The van der Waals surface area contributed by atoms with Gasteiger partial charge in [0.05, 0.1) is 14.2 Å². The third-order valence-corrected chi connectivity index (χ3v) is 4.76. The number of nitrogens with zero attached hydrogens (tertiary/aromatic N) is 1. The molecule has 0 aliphatic carbocycles. The van der Waals surface area contributed by atoms with Crippen LogP contribution in [0.2, 0.25) is 0 Å². The summed E-state index contributed by atoms with van der Waals surface area (Å²) in [7, 11) is 3.07. The summed E-state index contributed by atoms with van der Waals surface area (Å²) in [6.45, 7) is 2.56. The van der Waals surface area contributed by atoms with E-state index in [9.17, 15) is 14.8 Å². The maximum absolute atomic E-state index is 12.0. The summed E-state index contributed by atoms with van der Waals surface area (Å²) in [6.07, 6.45) is 2.81. The number of esters is 2. The van der Waals surface area contributed by atoms with Gasteiger partial charge in [0, 0.05) is 36.6 Å². The van der Waals surface area contributed by atoms with E-state index in [-0.39, 0.29) is 13.2 Å². The SMILES string of the molecule is COc1cc2cc(COC(C)=O)c(COC(C)=O)c(-c3ccc[n+]([O-])c3)c2cc1OC. The molecule has 0 unspecified atom stereocenters. The van der Waals surface area contributed by atoms with Crippen LogP contribution in [0.15, 0.2) is 42.7 Å². The highest BCUT2D eigenvalue weighted by molar-refractivity contribution is 6.00. The average molecular weight is 425 g/mol. The minimum atomic E-state index is -0.455. The van der Waals surface area contributed by atoms with Crippen LogP contribution in [-0.2, 0) is 32.3 Å². The molecule has 0 aliphatic heterocycles. The molecule has 8 nitrogen and oxygen atoms in total. The van der Waals surface area contributed by atoms with Crippen LogP contribution in [0.1, 0.15) is 25.0 Å². The Hall–Kier alpha value is -3.81. The van der Waals surface area contributed by atoms with Gasteiger partial charge in [-0.3, -0.25) is 9.59 Å². The number of methoxy groups -OCH3 is 2. The van der Waals surface area contributed by atoms with Gasteiger partial charge in [0.25, 0.3) is 0 Å². The first-order valence-corrected chi connectivity index (χ1v) is 9.50.